The normalized spacial score (nSPS) is 12.2. The lowest BCUT2D eigenvalue weighted by atomic mass is 10.1. The van der Waals surface area contributed by atoms with Gasteiger partial charge in [0.05, 0.1) is 0 Å². The summed E-state index contributed by atoms with van der Waals surface area (Å²) in [6.07, 6.45) is -4.40. The van der Waals surface area contributed by atoms with Crippen LogP contribution in [0.2, 0.25) is 20.1 Å². The van der Waals surface area contributed by atoms with Gasteiger partial charge < -0.3 is 74.0 Å². The zero-order valence-corrected chi connectivity index (χ0v) is 60.4. The summed E-state index contributed by atoms with van der Waals surface area (Å²) in [4.78, 5) is 85.0. The molecule has 0 aliphatic rings. The molecule has 0 amide bonds. The van der Waals surface area contributed by atoms with Crippen molar-refractivity contribution in [2.24, 2.45) is 5.92 Å². The number of rotatable bonds is 26. The largest absolute Gasteiger partial charge is 0.479 e. The Morgan fingerprint density at radius 3 is 0.960 bits per heavy atom. The van der Waals surface area contributed by atoms with Gasteiger partial charge in [-0.3, -0.25) is 0 Å². The third kappa shape index (κ3) is 38.0. The number of ether oxygens (including phenoxy) is 7. The molecule has 0 saturated carbocycles. The molecule has 0 aromatic heterocycles. The smallest absolute Gasteiger partial charge is 0.345 e. The van der Waals surface area contributed by atoms with E-state index in [1.807, 2.05) is 6.92 Å². The molecule has 99 heavy (non-hydrogen) atoms. The van der Waals surface area contributed by atoms with Crippen LogP contribution in [0.5, 0.6) is 40.2 Å². The molecule has 0 bridgehead atoms. The third-order valence-electron chi connectivity index (χ3n) is 11.8. The SMILES string of the molecule is CC(C)C(Oc1ccc(Cl)cc1)C(=O)O.CC(Oc1ccc(Br)cc1)C(=O)O.CC(Oc1ccc(F)cc1)C(=O)O.CCC(Oc1ccc(Cl)cc1)C(=O)O.CCCC(Oc1ccc(Cl)cc1)C(=O)O.C[C@H](Oc1ccc(Br)cc1C(=O)O)C(=O)O.C[C@H](Oc1ccc(Cl)cc1)C(=O)O. The number of hydrogen-bond acceptors (Lipinski definition) is 15. The van der Waals surface area contributed by atoms with Gasteiger partial charge in [-0.2, -0.15) is 0 Å². The van der Waals surface area contributed by atoms with Crippen molar-refractivity contribution in [3.8, 4) is 40.2 Å². The molecule has 30 heteroatoms. The van der Waals surface area contributed by atoms with Crippen molar-refractivity contribution < 1.29 is 117 Å². The van der Waals surface area contributed by atoms with Gasteiger partial charge in [0.15, 0.2) is 42.7 Å². The summed E-state index contributed by atoms with van der Waals surface area (Å²) in [5.41, 5.74) is -0.0810. The van der Waals surface area contributed by atoms with Crippen molar-refractivity contribution >= 4 is 126 Å². The fourth-order valence-electron chi connectivity index (χ4n) is 6.61. The molecule has 0 fully saturated rings. The molecule has 7 aromatic carbocycles. The molecule has 5 unspecified atom stereocenters. The van der Waals surface area contributed by atoms with Gasteiger partial charge >= 0.3 is 47.8 Å². The van der Waals surface area contributed by atoms with Crippen molar-refractivity contribution in [1.82, 2.24) is 0 Å². The fourth-order valence-corrected chi connectivity index (χ4v) is 7.74. The minimum atomic E-state index is -1.17. The van der Waals surface area contributed by atoms with Crippen molar-refractivity contribution in [3.05, 3.63) is 204 Å². The Labute approximate surface area is 606 Å². The summed E-state index contributed by atoms with van der Waals surface area (Å²) in [6, 6.07) is 43.0. The molecular formula is C69H73Br2Cl4FO23. The number of hydrogen-bond donors (Lipinski definition) is 8. The van der Waals surface area contributed by atoms with Crippen LogP contribution in [0.1, 0.15) is 85.0 Å². The molecule has 7 atom stereocenters. The second-order valence-electron chi connectivity index (χ2n) is 20.3. The molecule has 0 aliphatic carbocycles. The summed E-state index contributed by atoms with van der Waals surface area (Å²) < 4.78 is 50.0. The number of halogens is 7. The van der Waals surface area contributed by atoms with Gasteiger partial charge in [0.2, 0.25) is 0 Å². The molecule has 0 saturated heterocycles. The topological polar surface area (TPSA) is 363 Å². The zero-order valence-electron chi connectivity index (χ0n) is 54.2. The zero-order chi connectivity index (χ0) is 75.1. The summed E-state index contributed by atoms with van der Waals surface area (Å²) >= 11 is 29.1. The summed E-state index contributed by atoms with van der Waals surface area (Å²) in [5.74, 6) is -5.67. The monoisotopic (exact) mass is 1590 g/mol. The Morgan fingerprint density at radius 1 is 0.374 bits per heavy atom. The predicted octanol–water partition coefficient (Wildman–Crippen LogP) is 16.6. The molecule has 8 N–H and O–H groups in total. The van der Waals surface area contributed by atoms with Crippen LogP contribution in [0.3, 0.4) is 0 Å². The van der Waals surface area contributed by atoms with Crippen LogP contribution in [0.4, 0.5) is 4.39 Å². The van der Waals surface area contributed by atoms with Crippen LogP contribution in [0.15, 0.2) is 173 Å². The molecule has 0 heterocycles. The first-order valence-corrected chi connectivity index (χ1v) is 32.4. The highest BCUT2D eigenvalue weighted by molar-refractivity contribution is 9.10. The number of carbonyl (C=O) groups is 8. The average Bonchev–Trinajstić information content (AvgIpc) is 1.75. The van der Waals surface area contributed by atoms with Gasteiger partial charge in [-0.25, -0.2) is 42.7 Å². The van der Waals surface area contributed by atoms with E-state index in [1.54, 1.807) is 148 Å². The van der Waals surface area contributed by atoms with E-state index >= 15 is 0 Å². The van der Waals surface area contributed by atoms with E-state index in [9.17, 15) is 42.7 Å². The Kier molecular flexibility index (Phi) is 41.8. The lowest BCUT2D eigenvalue weighted by molar-refractivity contribution is -0.147. The number of benzene rings is 7. The molecule has 536 valence electrons. The second-order valence-corrected chi connectivity index (χ2v) is 23.8. The molecule has 7 rings (SSSR count). The first-order chi connectivity index (χ1) is 46.5. The van der Waals surface area contributed by atoms with E-state index in [1.165, 1.54) is 64.1 Å². The number of carboxylic acids is 8. The van der Waals surface area contributed by atoms with Crippen LogP contribution < -0.4 is 33.2 Å². The molecule has 0 radical (unpaired) electrons. The Bertz CT molecular complexity index is 3460. The lowest BCUT2D eigenvalue weighted by Gasteiger charge is -2.18. The van der Waals surface area contributed by atoms with Crippen LogP contribution >= 0.6 is 78.3 Å². The second kappa shape index (κ2) is 47.0. The van der Waals surface area contributed by atoms with Crippen LogP contribution in [-0.2, 0) is 33.6 Å². The van der Waals surface area contributed by atoms with Gasteiger partial charge in [0.1, 0.15) is 51.6 Å². The van der Waals surface area contributed by atoms with E-state index in [4.69, 9.17) is 120 Å². The van der Waals surface area contributed by atoms with Gasteiger partial charge in [-0.15, -0.1) is 0 Å². The number of carboxylic acid groups (broad SMARTS) is 8. The van der Waals surface area contributed by atoms with Crippen molar-refractivity contribution in [1.29, 1.82) is 0 Å². The van der Waals surface area contributed by atoms with Gasteiger partial charge in [0, 0.05) is 35.0 Å². The quantitative estimate of drug-likeness (QED) is 0.0250. The minimum absolute atomic E-state index is 0.0330. The molecule has 0 spiro atoms. The van der Waals surface area contributed by atoms with E-state index in [2.05, 4.69) is 31.9 Å². The van der Waals surface area contributed by atoms with E-state index in [-0.39, 0.29) is 23.0 Å². The Morgan fingerprint density at radius 2 is 0.667 bits per heavy atom. The first-order valence-electron chi connectivity index (χ1n) is 29.3. The average molecular weight is 1590 g/mol. The minimum Gasteiger partial charge on any atom is -0.479 e. The predicted molar refractivity (Wildman–Crippen MR) is 375 cm³/mol. The Balaban J connectivity index is 0.000000578. The van der Waals surface area contributed by atoms with E-state index < -0.39 is 90.5 Å². The van der Waals surface area contributed by atoms with Gasteiger partial charge in [-0.1, -0.05) is 112 Å². The summed E-state index contributed by atoms with van der Waals surface area (Å²) in [7, 11) is 0. The highest BCUT2D eigenvalue weighted by Crippen LogP contribution is 2.26. The van der Waals surface area contributed by atoms with Crippen molar-refractivity contribution in [3.63, 3.8) is 0 Å². The molecular weight excluding hydrogens is 1520 g/mol. The summed E-state index contributed by atoms with van der Waals surface area (Å²) in [6.45, 7) is 13.0. The standard InChI is InChI=1S/2C11H13ClO3.C10H9BrO5.C10H11ClO3.C9H9BrO3.C9H9ClO3.C9H9FO3/c1-7(2)10(11(13)14)15-9-5-3-8(12)4-6-9;1-2-3-10(11(13)14)15-9-6-4-8(12)5-7-9;1-5(9(12)13)16-8-3-2-6(11)4-7(8)10(14)15;1-2-9(10(12)13)14-8-5-3-7(11)4-6-8;3*1-6(9(11)12)13-8-4-2-7(10)3-5-8/h3-7,10H,1-2H3,(H,13,14);4-7,10H,2-3H2,1H3,(H,13,14);2-5H,1H3,(H,12,13)(H,14,15);3-6,9H,2H2,1H3,(H,12,13);3*2-6H,1H3,(H,11,12)/t;;5-;;;6-;/m..0..0./s1. The van der Waals surface area contributed by atoms with Gasteiger partial charge in [0.25, 0.3) is 0 Å². The Hall–Kier alpha value is -9.05. The molecule has 23 nitrogen and oxygen atoms in total. The van der Waals surface area contributed by atoms with Crippen LogP contribution in [-0.4, -0.2) is 131 Å². The maximum absolute atomic E-state index is 12.4. The molecule has 7 aromatic rings. The van der Waals surface area contributed by atoms with Crippen LogP contribution in [0, 0.1) is 11.7 Å². The summed E-state index contributed by atoms with van der Waals surface area (Å²) in [5, 5.41) is 72.1. The van der Waals surface area contributed by atoms with Crippen molar-refractivity contribution in [2.45, 2.75) is 117 Å². The number of aliphatic carboxylic acids is 7. The number of aromatic carboxylic acids is 1. The van der Waals surface area contributed by atoms with E-state index in [0.29, 0.717) is 71.9 Å². The highest BCUT2D eigenvalue weighted by atomic mass is 79.9. The first kappa shape index (κ1) is 88.0. The van der Waals surface area contributed by atoms with Crippen molar-refractivity contribution in [2.75, 3.05) is 0 Å². The fraction of sp³-hybridized carbons (Fsp3) is 0.275. The highest BCUT2D eigenvalue weighted by Gasteiger charge is 2.24. The van der Waals surface area contributed by atoms with Crippen LogP contribution in [0.25, 0.3) is 0 Å². The molecule has 0 aliphatic heterocycles. The third-order valence-corrected chi connectivity index (χ3v) is 13.9. The maximum atomic E-state index is 12.4. The van der Waals surface area contributed by atoms with Gasteiger partial charge in [-0.05, 0) is 204 Å². The lowest BCUT2D eigenvalue weighted by Crippen LogP contribution is -2.32. The maximum Gasteiger partial charge on any atom is 0.345 e. The van der Waals surface area contributed by atoms with E-state index in [0.717, 1.165) is 10.9 Å².